The fourth-order valence-electron chi connectivity index (χ4n) is 3.35. The molecular weight excluding hydrogens is 318 g/mol. The number of para-hydroxylation sites is 1. The highest BCUT2D eigenvalue weighted by Crippen LogP contribution is 2.31. The normalized spacial score (nSPS) is 15.5. The van der Waals surface area contributed by atoms with Gasteiger partial charge in [0.25, 0.3) is 0 Å². The predicted molar refractivity (Wildman–Crippen MR) is 101 cm³/mol. The molecule has 3 aromatic rings. The van der Waals surface area contributed by atoms with E-state index in [4.69, 9.17) is 21.6 Å². The molecule has 0 amide bonds. The molecular formula is C20H20ClN3. The van der Waals surface area contributed by atoms with Crippen molar-refractivity contribution in [1.29, 1.82) is 0 Å². The lowest BCUT2D eigenvalue weighted by atomic mass is 10.1. The molecule has 24 heavy (non-hydrogen) atoms. The number of anilines is 1. The minimum absolute atomic E-state index is 0.689. The maximum atomic E-state index is 6.38. The molecule has 2 aromatic carbocycles. The summed E-state index contributed by atoms with van der Waals surface area (Å²) in [6.45, 7) is 2.12. The maximum absolute atomic E-state index is 6.38. The van der Waals surface area contributed by atoms with E-state index in [1.807, 2.05) is 30.3 Å². The summed E-state index contributed by atoms with van der Waals surface area (Å²) >= 11 is 6.38. The SMILES string of the molecule is Clc1ccccc1-c1nc(N2CCCCCC2)c2ccccc2n1. The van der Waals surface area contributed by atoms with E-state index in [0.717, 1.165) is 35.4 Å². The van der Waals surface area contributed by atoms with E-state index < -0.39 is 0 Å². The number of halogens is 1. The van der Waals surface area contributed by atoms with Gasteiger partial charge in [-0.1, -0.05) is 48.7 Å². The molecule has 4 heteroatoms. The molecule has 0 saturated carbocycles. The van der Waals surface area contributed by atoms with E-state index in [2.05, 4.69) is 23.1 Å². The molecule has 1 saturated heterocycles. The molecule has 2 heterocycles. The van der Waals surface area contributed by atoms with Crippen molar-refractivity contribution in [3.8, 4) is 11.4 Å². The van der Waals surface area contributed by atoms with E-state index in [-0.39, 0.29) is 0 Å². The van der Waals surface area contributed by atoms with Crippen molar-refractivity contribution in [3.63, 3.8) is 0 Å². The lowest BCUT2D eigenvalue weighted by Crippen LogP contribution is -2.25. The van der Waals surface area contributed by atoms with Gasteiger partial charge in [0.15, 0.2) is 5.82 Å². The maximum Gasteiger partial charge on any atom is 0.163 e. The highest BCUT2D eigenvalue weighted by Gasteiger charge is 2.17. The fourth-order valence-corrected chi connectivity index (χ4v) is 3.57. The van der Waals surface area contributed by atoms with Gasteiger partial charge in [-0.05, 0) is 37.1 Å². The third-order valence-electron chi connectivity index (χ3n) is 4.60. The molecule has 0 unspecified atom stereocenters. The molecule has 1 aliphatic heterocycles. The summed E-state index contributed by atoms with van der Waals surface area (Å²) in [5, 5.41) is 1.81. The monoisotopic (exact) mass is 337 g/mol. The molecule has 3 nitrogen and oxygen atoms in total. The lowest BCUT2D eigenvalue weighted by molar-refractivity contribution is 0.726. The summed E-state index contributed by atoms with van der Waals surface area (Å²) in [6.07, 6.45) is 5.05. The molecule has 4 rings (SSSR count). The van der Waals surface area contributed by atoms with Crippen molar-refractivity contribution in [3.05, 3.63) is 53.6 Å². The van der Waals surface area contributed by atoms with Crippen LogP contribution in [-0.2, 0) is 0 Å². The van der Waals surface area contributed by atoms with Gasteiger partial charge in [-0.25, -0.2) is 9.97 Å². The Hall–Kier alpha value is -2.13. The third-order valence-corrected chi connectivity index (χ3v) is 4.93. The van der Waals surface area contributed by atoms with Crippen LogP contribution in [0.1, 0.15) is 25.7 Å². The molecule has 0 bridgehead atoms. The predicted octanol–water partition coefficient (Wildman–Crippen LogP) is 5.33. The molecule has 0 N–H and O–H groups in total. The van der Waals surface area contributed by atoms with Gasteiger partial charge in [-0.2, -0.15) is 0 Å². The first-order chi connectivity index (χ1) is 11.8. The van der Waals surface area contributed by atoms with Crippen LogP contribution in [-0.4, -0.2) is 23.1 Å². The van der Waals surface area contributed by atoms with Crippen LogP contribution in [0.25, 0.3) is 22.3 Å². The van der Waals surface area contributed by atoms with E-state index in [9.17, 15) is 0 Å². The topological polar surface area (TPSA) is 29.0 Å². The first-order valence-corrected chi connectivity index (χ1v) is 8.97. The Labute approximate surface area is 147 Å². The van der Waals surface area contributed by atoms with Gasteiger partial charge >= 0.3 is 0 Å². The lowest BCUT2D eigenvalue weighted by Gasteiger charge is -2.23. The zero-order valence-electron chi connectivity index (χ0n) is 13.6. The van der Waals surface area contributed by atoms with Crippen molar-refractivity contribution >= 4 is 28.3 Å². The van der Waals surface area contributed by atoms with Gasteiger partial charge in [-0.15, -0.1) is 0 Å². The number of nitrogens with zero attached hydrogens (tertiary/aromatic N) is 3. The van der Waals surface area contributed by atoms with Crippen LogP contribution in [0.2, 0.25) is 5.02 Å². The Morgan fingerprint density at radius 2 is 1.50 bits per heavy atom. The molecule has 0 radical (unpaired) electrons. The summed E-state index contributed by atoms with van der Waals surface area (Å²) in [6, 6.07) is 16.0. The highest BCUT2D eigenvalue weighted by molar-refractivity contribution is 6.33. The highest BCUT2D eigenvalue weighted by atomic mass is 35.5. The molecule has 1 fully saturated rings. The molecule has 0 atom stereocenters. The first-order valence-electron chi connectivity index (χ1n) is 8.59. The average molecular weight is 338 g/mol. The van der Waals surface area contributed by atoms with Gasteiger partial charge in [0.05, 0.1) is 10.5 Å². The van der Waals surface area contributed by atoms with Crippen LogP contribution >= 0.6 is 11.6 Å². The Morgan fingerprint density at radius 1 is 0.792 bits per heavy atom. The number of hydrogen-bond donors (Lipinski definition) is 0. The number of hydrogen-bond acceptors (Lipinski definition) is 3. The smallest absolute Gasteiger partial charge is 0.163 e. The molecule has 0 aliphatic carbocycles. The van der Waals surface area contributed by atoms with Crippen LogP contribution in [0, 0.1) is 0 Å². The zero-order valence-corrected chi connectivity index (χ0v) is 14.3. The largest absolute Gasteiger partial charge is 0.356 e. The zero-order chi connectivity index (χ0) is 16.4. The third kappa shape index (κ3) is 2.96. The van der Waals surface area contributed by atoms with Crippen molar-refractivity contribution in [2.75, 3.05) is 18.0 Å². The van der Waals surface area contributed by atoms with Crippen LogP contribution in [0.4, 0.5) is 5.82 Å². The van der Waals surface area contributed by atoms with Crippen LogP contribution in [0.3, 0.4) is 0 Å². The van der Waals surface area contributed by atoms with Gasteiger partial charge in [0.2, 0.25) is 0 Å². The number of benzene rings is 2. The van der Waals surface area contributed by atoms with Crippen molar-refractivity contribution < 1.29 is 0 Å². The van der Waals surface area contributed by atoms with Crippen LogP contribution in [0.5, 0.6) is 0 Å². The molecule has 0 spiro atoms. The Balaban J connectivity index is 1.89. The van der Waals surface area contributed by atoms with E-state index in [1.165, 1.54) is 25.7 Å². The van der Waals surface area contributed by atoms with Crippen molar-refractivity contribution in [1.82, 2.24) is 9.97 Å². The van der Waals surface area contributed by atoms with Crippen LogP contribution < -0.4 is 4.90 Å². The van der Waals surface area contributed by atoms with E-state index in [0.29, 0.717) is 10.8 Å². The first kappa shape index (κ1) is 15.4. The van der Waals surface area contributed by atoms with Crippen LogP contribution in [0.15, 0.2) is 48.5 Å². The molecule has 122 valence electrons. The molecule has 1 aliphatic rings. The van der Waals surface area contributed by atoms with Crippen molar-refractivity contribution in [2.45, 2.75) is 25.7 Å². The van der Waals surface area contributed by atoms with E-state index in [1.54, 1.807) is 0 Å². The van der Waals surface area contributed by atoms with Gasteiger partial charge in [0, 0.05) is 24.0 Å². The quantitative estimate of drug-likeness (QED) is 0.632. The summed E-state index contributed by atoms with van der Waals surface area (Å²) < 4.78 is 0. The number of fused-ring (bicyclic) bond motifs is 1. The summed E-state index contributed by atoms with van der Waals surface area (Å²) in [5.41, 5.74) is 1.86. The van der Waals surface area contributed by atoms with Crippen molar-refractivity contribution in [2.24, 2.45) is 0 Å². The Bertz CT molecular complexity index is 854. The minimum atomic E-state index is 0.689. The second-order valence-electron chi connectivity index (χ2n) is 6.27. The minimum Gasteiger partial charge on any atom is -0.356 e. The van der Waals surface area contributed by atoms with Gasteiger partial charge in [0.1, 0.15) is 5.82 Å². The fraction of sp³-hybridized carbons (Fsp3) is 0.300. The Kier molecular flexibility index (Phi) is 4.35. The van der Waals surface area contributed by atoms with Gasteiger partial charge < -0.3 is 4.90 Å². The standard InChI is InChI=1S/C20H20ClN3/c21-17-11-5-3-9-15(17)19-22-18-12-6-4-10-16(18)20(23-19)24-13-7-1-2-8-14-24/h3-6,9-12H,1-2,7-8,13-14H2. The summed E-state index contributed by atoms with van der Waals surface area (Å²) in [7, 11) is 0. The second-order valence-corrected chi connectivity index (χ2v) is 6.68. The number of rotatable bonds is 2. The Morgan fingerprint density at radius 3 is 2.29 bits per heavy atom. The second kappa shape index (κ2) is 6.78. The summed E-state index contributed by atoms with van der Waals surface area (Å²) in [4.78, 5) is 12.1. The van der Waals surface area contributed by atoms with Gasteiger partial charge in [-0.3, -0.25) is 0 Å². The van der Waals surface area contributed by atoms with E-state index >= 15 is 0 Å². The summed E-state index contributed by atoms with van der Waals surface area (Å²) in [5.74, 6) is 1.75. The number of aromatic nitrogens is 2. The average Bonchev–Trinajstić information content (AvgIpc) is 2.90. The molecule has 1 aromatic heterocycles.